The number of carbonyl (C=O) groups is 4. The van der Waals surface area contributed by atoms with E-state index < -0.39 is 17.2 Å². The van der Waals surface area contributed by atoms with Crippen molar-refractivity contribution in [2.24, 2.45) is 12.8 Å². The molecule has 0 spiro atoms. The van der Waals surface area contributed by atoms with Crippen molar-refractivity contribution in [2.45, 2.75) is 24.2 Å². The van der Waals surface area contributed by atoms with E-state index in [1.807, 2.05) is 79.3 Å². The summed E-state index contributed by atoms with van der Waals surface area (Å²) in [5, 5.41) is 16.0. The van der Waals surface area contributed by atoms with Gasteiger partial charge in [0.05, 0.1) is 31.0 Å². The SMILES string of the molecule is Cc1nn(C)c2ccc(-c3ccc(C(=O)N4CCN(C(=O)C5(N)COC5c5ccccc5-c5ccc(C(=O)N6CCN(C(=O)C7(O)COC7)CC6)cc5)CC4)cc3)cc12. The number of nitrogens with zero attached hydrogens (tertiary/aromatic N) is 6. The lowest BCUT2D eigenvalue weighted by molar-refractivity contribution is -0.201. The van der Waals surface area contributed by atoms with Gasteiger partial charge in [0.2, 0.25) is 5.91 Å². The van der Waals surface area contributed by atoms with Gasteiger partial charge in [-0.05, 0) is 71.1 Å². The number of hydrogen-bond acceptors (Lipinski definition) is 9. The number of rotatable bonds is 7. The van der Waals surface area contributed by atoms with E-state index in [2.05, 4.69) is 23.3 Å². The van der Waals surface area contributed by atoms with Gasteiger partial charge in [0.15, 0.2) is 5.60 Å². The average Bonchev–Trinajstić information content (AvgIpc) is 3.55. The van der Waals surface area contributed by atoms with Crippen LogP contribution in [0.15, 0.2) is 91.0 Å². The molecule has 9 rings (SSSR count). The third-order valence-corrected chi connectivity index (χ3v) is 12.3. The van der Waals surface area contributed by atoms with E-state index in [0.717, 1.165) is 44.4 Å². The molecule has 2 atom stereocenters. The maximum atomic E-state index is 14.1. The topological polar surface area (TPSA) is 164 Å². The first kappa shape index (κ1) is 38.6. The van der Waals surface area contributed by atoms with Crippen LogP contribution < -0.4 is 5.73 Å². The Labute approximate surface area is 341 Å². The van der Waals surface area contributed by atoms with Crippen molar-refractivity contribution >= 4 is 34.5 Å². The average molecular weight is 798 g/mol. The van der Waals surface area contributed by atoms with Gasteiger partial charge in [-0.15, -0.1) is 0 Å². The number of aromatic nitrogens is 2. The van der Waals surface area contributed by atoms with Crippen molar-refractivity contribution in [3.8, 4) is 22.3 Å². The normalized spacial score (nSPS) is 21.5. The smallest absolute Gasteiger partial charge is 0.259 e. The molecule has 2 unspecified atom stereocenters. The van der Waals surface area contributed by atoms with Crippen molar-refractivity contribution in [1.82, 2.24) is 29.4 Å². The van der Waals surface area contributed by atoms with Gasteiger partial charge in [-0.1, -0.05) is 54.6 Å². The minimum Gasteiger partial charge on any atom is -0.376 e. The summed E-state index contributed by atoms with van der Waals surface area (Å²) in [5.41, 5.74) is 11.9. The molecule has 4 aliphatic heterocycles. The van der Waals surface area contributed by atoms with Crippen LogP contribution >= 0.6 is 0 Å². The zero-order valence-electron chi connectivity index (χ0n) is 33.2. The minimum atomic E-state index is -1.45. The molecule has 4 aliphatic rings. The quantitative estimate of drug-likeness (QED) is 0.252. The second-order valence-corrected chi connectivity index (χ2v) is 16.1. The van der Waals surface area contributed by atoms with Crippen molar-refractivity contribution in [3.63, 3.8) is 0 Å². The van der Waals surface area contributed by atoms with E-state index in [-0.39, 0.29) is 43.4 Å². The highest BCUT2D eigenvalue weighted by molar-refractivity contribution is 5.97. The van der Waals surface area contributed by atoms with Crippen LogP contribution in [0.25, 0.3) is 33.2 Å². The molecule has 5 aromatic rings. The van der Waals surface area contributed by atoms with Gasteiger partial charge in [0.1, 0.15) is 11.6 Å². The number of fused-ring (bicyclic) bond motifs is 1. The van der Waals surface area contributed by atoms with Crippen LogP contribution in [-0.4, -0.2) is 141 Å². The van der Waals surface area contributed by atoms with Crippen LogP contribution in [0.3, 0.4) is 0 Å². The third kappa shape index (κ3) is 6.85. The lowest BCUT2D eigenvalue weighted by Crippen LogP contribution is -2.70. The number of nitrogens with two attached hydrogens (primary N) is 1. The van der Waals surface area contributed by atoms with Crippen LogP contribution in [-0.2, 0) is 26.1 Å². The van der Waals surface area contributed by atoms with Gasteiger partial charge >= 0.3 is 0 Å². The first-order valence-corrected chi connectivity index (χ1v) is 20.0. The maximum absolute atomic E-state index is 14.1. The molecule has 14 heteroatoms. The molecule has 304 valence electrons. The molecule has 4 fully saturated rings. The van der Waals surface area contributed by atoms with Gasteiger partial charge in [-0.25, -0.2) is 0 Å². The van der Waals surface area contributed by atoms with E-state index in [0.29, 0.717) is 63.5 Å². The molecule has 5 heterocycles. The number of aryl methyl sites for hydroxylation is 2. The first-order chi connectivity index (χ1) is 28.4. The molecule has 1 aromatic heterocycles. The van der Waals surface area contributed by atoms with Gasteiger partial charge in [0, 0.05) is 75.9 Å². The maximum Gasteiger partial charge on any atom is 0.259 e. The van der Waals surface area contributed by atoms with Crippen molar-refractivity contribution in [1.29, 1.82) is 0 Å². The molecular formula is C45H47N7O7. The molecule has 0 aliphatic carbocycles. The van der Waals surface area contributed by atoms with E-state index in [1.54, 1.807) is 31.7 Å². The summed E-state index contributed by atoms with van der Waals surface area (Å²) in [6.45, 7) is 4.98. The summed E-state index contributed by atoms with van der Waals surface area (Å²) >= 11 is 0. The lowest BCUT2D eigenvalue weighted by Gasteiger charge is -2.48. The molecule has 4 amide bonds. The van der Waals surface area contributed by atoms with Gasteiger partial charge in [0.25, 0.3) is 17.7 Å². The summed E-state index contributed by atoms with van der Waals surface area (Å²) in [6, 6.07) is 28.9. The Morgan fingerprint density at radius 3 is 1.75 bits per heavy atom. The molecule has 0 radical (unpaired) electrons. The number of benzene rings is 4. The zero-order valence-corrected chi connectivity index (χ0v) is 33.2. The molecule has 4 aromatic carbocycles. The van der Waals surface area contributed by atoms with Crippen molar-refractivity contribution in [3.05, 3.63) is 113 Å². The Morgan fingerprint density at radius 1 is 0.678 bits per heavy atom. The van der Waals surface area contributed by atoms with Crippen molar-refractivity contribution < 1.29 is 33.8 Å². The Balaban J connectivity index is 0.813. The summed E-state index contributed by atoms with van der Waals surface area (Å²) in [5.74, 6) is -0.775. The van der Waals surface area contributed by atoms with E-state index in [9.17, 15) is 24.3 Å². The second kappa shape index (κ2) is 15.0. The molecule has 0 bridgehead atoms. The number of hydrogen-bond donors (Lipinski definition) is 2. The fourth-order valence-electron chi connectivity index (χ4n) is 8.69. The lowest BCUT2D eigenvalue weighted by atomic mass is 9.80. The Kier molecular flexibility index (Phi) is 9.83. The predicted molar refractivity (Wildman–Crippen MR) is 219 cm³/mol. The molecule has 0 saturated carbocycles. The van der Waals surface area contributed by atoms with E-state index in [1.165, 1.54) is 0 Å². The monoisotopic (exact) mass is 797 g/mol. The largest absolute Gasteiger partial charge is 0.376 e. The highest BCUT2D eigenvalue weighted by Crippen LogP contribution is 2.43. The molecule has 4 saturated heterocycles. The fourth-order valence-corrected chi connectivity index (χ4v) is 8.69. The van der Waals surface area contributed by atoms with Crippen molar-refractivity contribution in [2.75, 3.05) is 72.2 Å². The highest BCUT2D eigenvalue weighted by atomic mass is 16.5. The molecular weight excluding hydrogens is 751 g/mol. The van der Waals surface area contributed by atoms with Crippen LogP contribution in [0.4, 0.5) is 0 Å². The standard InChI is InChI=1S/C45H47N7O7/c1-29-37-25-34(15-16-38(37)48(2)47-29)30-7-11-32(12-8-30)40(53)50-19-23-52(24-20-50)43(56)45(46)28-59-39(45)36-6-4-3-5-35(36)31-9-13-33(14-10-31)41(54)49-17-21-51(22-18-49)42(55)44(57)26-58-27-44/h3-16,25,39,57H,17-24,26-28,46H2,1-2H3. The summed E-state index contributed by atoms with van der Waals surface area (Å²) < 4.78 is 12.9. The van der Waals surface area contributed by atoms with E-state index >= 15 is 0 Å². The van der Waals surface area contributed by atoms with Crippen LogP contribution in [0.5, 0.6) is 0 Å². The minimum absolute atomic E-state index is 0.000637. The molecule has 14 nitrogen and oxygen atoms in total. The van der Waals surface area contributed by atoms with Crippen LogP contribution in [0.2, 0.25) is 0 Å². The summed E-state index contributed by atoms with van der Waals surface area (Å²) in [4.78, 5) is 60.5. The Morgan fingerprint density at radius 2 is 1.20 bits per heavy atom. The first-order valence-electron chi connectivity index (χ1n) is 20.0. The van der Waals surface area contributed by atoms with E-state index in [4.69, 9.17) is 15.2 Å². The van der Waals surface area contributed by atoms with Crippen LogP contribution in [0.1, 0.15) is 38.1 Å². The number of aliphatic hydroxyl groups is 1. The number of piperazine rings is 2. The number of amides is 4. The third-order valence-electron chi connectivity index (χ3n) is 12.3. The fraction of sp³-hybridized carbons (Fsp3) is 0.356. The Bertz CT molecular complexity index is 2450. The highest BCUT2D eigenvalue weighted by Gasteiger charge is 2.55. The predicted octanol–water partition coefficient (Wildman–Crippen LogP) is 3.01. The number of ether oxygens (including phenoxy) is 2. The summed E-state index contributed by atoms with van der Waals surface area (Å²) in [7, 11) is 1.94. The molecule has 3 N–H and O–H groups in total. The molecule has 59 heavy (non-hydrogen) atoms. The van der Waals surface area contributed by atoms with Crippen LogP contribution in [0, 0.1) is 6.92 Å². The number of carbonyl (C=O) groups excluding carboxylic acids is 4. The second-order valence-electron chi connectivity index (χ2n) is 16.1. The summed E-state index contributed by atoms with van der Waals surface area (Å²) in [6.07, 6.45) is -0.683. The Hall–Kier alpha value is -5.93. The van der Waals surface area contributed by atoms with Gasteiger partial charge in [-0.2, -0.15) is 5.10 Å². The zero-order chi connectivity index (χ0) is 41.1. The van der Waals surface area contributed by atoms with Gasteiger partial charge in [-0.3, -0.25) is 23.9 Å². The van der Waals surface area contributed by atoms with Gasteiger partial charge < -0.3 is 39.9 Å².